The number of aliphatic hydroxyl groups excluding tert-OH is 2. The van der Waals surface area contributed by atoms with E-state index in [2.05, 4.69) is 17.7 Å². The third kappa shape index (κ3) is 20.1. The number of piperazine rings is 1. The maximum absolute atomic E-state index is 14.1. The predicted molar refractivity (Wildman–Crippen MR) is 307 cm³/mol. The lowest BCUT2D eigenvalue weighted by Gasteiger charge is -2.43. The standard InChI is InChI=1S/C62H93N5O14/c1-12-48(69)44(8)58-50(79-58)38-61(9,77)29-17-18-41(5)57-42(6)20-25-51(62(10,78-13-2)30-28-47(68)37-55(74)81-57)80-60(76)65-32-34-67(11,35-33-65)39-45-21-23-46(24-22-45)63-59(75)43(7)36-49(70)56(40(3)4)64-52(71)19-15-14-16-31-66-53(72)26-27-54(66)73/h17-18,20-27,29,40,42-44,47-48,50-51,56-58,68-69,77H,12-16,19,28,30-39H2,1-11H3,(H-,63,64,71,75)/p+1/b25-20+,29-17+,41-18+/t42-,43+,44+,47+,48-,50?,51-,56-,57+,58?,61-,62+/m0/s1. The molecular weight excluding hydrogens is 1040 g/mol. The molecule has 0 bridgehead atoms. The van der Waals surface area contributed by atoms with Gasteiger partial charge in [-0.2, -0.15) is 0 Å². The molecule has 4 aliphatic heterocycles. The van der Waals surface area contributed by atoms with Gasteiger partial charge in [0.2, 0.25) is 11.8 Å². The summed E-state index contributed by atoms with van der Waals surface area (Å²) in [6.45, 7) is 21.8. The first-order chi connectivity index (χ1) is 38.2. The second-order valence-electron chi connectivity index (χ2n) is 24.1. The van der Waals surface area contributed by atoms with Crippen molar-refractivity contribution in [3.8, 4) is 0 Å². The molecule has 2 saturated heterocycles. The van der Waals surface area contributed by atoms with E-state index in [-0.39, 0.29) is 79.1 Å². The minimum absolute atomic E-state index is 0.0412. The molecule has 2 fully saturated rings. The van der Waals surface area contributed by atoms with E-state index >= 15 is 0 Å². The summed E-state index contributed by atoms with van der Waals surface area (Å²) in [5.41, 5.74) is 0.0776. The summed E-state index contributed by atoms with van der Waals surface area (Å²) in [6.07, 6.45) is 10.6. The molecule has 5 N–H and O–H groups in total. The molecule has 2 unspecified atom stereocenters. The number of imide groups is 1. The highest BCUT2D eigenvalue weighted by Gasteiger charge is 2.47. The Hall–Kier alpha value is -5.57. The highest BCUT2D eigenvalue weighted by Crippen LogP contribution is 2.38. The quantitative estimate of drug-likeness (QED) is 0.0121. The van der Waals surface area contributed by atoms with Crippen LogP contribution in [0.5, 0.6) is 0 Å². The highest BCUT2D eigenvalue weighted by molar-refractivity contribution is 6.12. The van der Waals surface area contributed by atoms with Gasteiger partial charge in [-0.25, -0.2) is 4.79 Å². The molecule has 5 rings (SSSR count). The molecular formula is C62H94N5O14+. The molecule has 4 aliphatic rings. The molecule has 1 aromatic carbocycles. The monoisotopic (exact) mass is 1130 g/mol. The smallest absolute Gasteiger partial charge is 0.410 e. The topological polar surface area (TPSA) is 251 Å². The predicted octanol–water partition coefficient (Wildman–Crippen LogP) is 6.88. The summed E-state index contributed by atoms with van der Waals surface area (Å²) in [5.74, 6) is -3.33. The van der Waals surface area contributed by atoms with Gasteiger partial charge < -0.3 is 49.4 Å². The minimum Gasteiger partial charge on any atom is -0.457 e. The van der Waals surface area contributed by atoms with Crippen molar-refractivity contribution in [2.75, 3.05) is 51.7 Å². The lowest BCUT2D eigenvalue weighted by Crippen LogP contribution is -2.58. The Labute approximate surface area is 480 Å². The number of esters is 1. The zero-order chi connectivity index (χ0) is 59.8. The molecule has 0 aliphatic carbocycles. The molecule has 81 heavy (non-hydrogen) atoms. The van der Waals surface area contributed by atoms with Gasteiger partial charge in [-0.15, -0.1) is 0 Å². The molecule has 450 valence electrons. The highest BCUT2D eigenvalue weighted by atomic mass is 16.6. The maximum atomic E-state index is 14.1. The largest absolute Gasteiger partial charge is 0.457 e. The van der Waals surface area contributed by atoms with E-state index in [0.29, 0.717) is 100 Å². The summed E-state index contributed by atoms with van der Waals surface area (Å²) < 4.78 is 25.1. The number of hydrogen-bond donors (Lipinski definition) is 5. The van der Waals surface area contributed by atoms with Crippen LogP contribution in [0, 0.1) is 23.7 Å². The lowest BCUT2D eigenvalue weighted by atomic mass is 9.88. The second kappa shape index (κ2) is 30.1. The molecule has 19 heteroatoms. The molecule has 0 spiro atoms. The van der Waals surface area contributed by atoms with Crippen LogP contribution in [0.25, 0.3) is 0 Å². The number of aliphatic hydroxyl groups is 3. The molecule has 0 aromatic heterocycles. The van der Waals surface area contributed by atoms with E-state index in [4.69, 9.17) is 18.9 Å². The number of ether oxygens (including phenoxy) is 4. The van der Waals surface area contributed by atoms with Gasteiger partial charge in [0.25, 0.3) is 11.8 Å². The number of rotatable bonds is 26. The number of epoxide rings is 1. The number of nitrogens with one attached hydrogen (secondary N) is 2. The number of benzene rings is 1. The first-order valence-corrected chi connectivity index (χ1v) is 29.3. The first-order valence-electron chi connectivity index (χ1n) is 29.3. The van der Waals surface area contributed by atoms with Gasteiger partial charge in [0.15, 0.2) is 11.9 Å². The normalized spacial score (nSPS) is 27.1. The van der Waals surface area contributed by atoms with Crippen LogP contribution in [0.4, 0.5) is 10.5 Å². The third-order valence-electron chi connectivity index (χ3n) is 16.4. The zero-order valence-electron chi connectivity index (χ0n) is 49.9. The Morgan fingerprint density at radius 2 is 1.65 bits per heavy atom. The minimum atomic E-state index is -1.20. The van der Waals surface area contributed by atoms with Crippen LogP contribution in [0.1, 0.15) is 139 Å². The number of anilines is 1. The Bertz CT molecular complexity index is 2430. The van der Waals surface area contributed by atoms with Crippen LogP contribution in [0.2, 0.25) is 0 Å². The number of ketones is 1. The Morgan fingerprint density at radius 3 is 2.28 bits per heavy atom. The molecule has 19 nitrogen and oxygen atoms in total. The Morgan fingerprint density at radius 1 is 0.988 bits per heavy atom. The molecule has 4 heterocycles. The van der Waals surface area contributed by atoms with Crippen LogP contribution in [-0.4, -0.2) is 171 Å². The summed E-state index contributed by atoms with van der Waals surface area (Å²) in [5, 5.41) is 38.3. The number of nitrogens with zero attached hydrogens (tertiary/aromatic N) is 3. The summed E-state index contributed by atoms with van der Waals surface area (Å²) in [6, 6.07) is 6.83. The molecule has 1 aromatic rings. The van der Waals surface area contributed by atoms with Gasteiger partial charge in [0, 0.05) is 73.6 Å². The van der Waals surface area contributed by atoms with Crippen LogP contribution >= 0.6 is 0 Å². The SMILES string of the molecule is CCO[C@]1(C)CC[C@@H](O)CC(=O)O[C@H](/C(C)=C/C=C/[C@](C)(O)CC2OC2[C@H](C)[C@@H](O)CC)[C@@H](C)/C=C/[C@@H]1OC(=O)N1CC[N+](C)(Cc2ccc(NC(=O)[C@H](C)CC(=O)[C@@H](NC(=O)CCCCCN3C(=O)C=CC3=O)C(C)C)cc2)CC1. The summed E-state index contributed by atoms with van der Waals surface area (Å²) in [4.78, 5) is 93.3. The van der Waals surface area contributed by atoms with Crippen LogP contribution < -0.4 is 10.6 Å². The van der Waals surface area contributed by atoms with Crippen molar-refractivity contribution < 1.29 is 72.3 Å². The van der Waals surface area contributed by atoms with E-state index < -0.39 is 65.6 Å². The van der Waals surface area contributed by atoms with Gasteiger partial charge in [0.05, 0.1) is 75.7 Å². The average molecular weight is 1130 g/mol. The molecule has 0 radical (unpaired) electrons. The summed E-state index contributed by atoms with van der Waals surface area (Å²) in [7, 11) is 2.14. The second-order valence-corrected chi connectivity index (χ2v) is 24.1. The number of allylic oxidation sites excluding steroid dienone is 2. The van der Waals surface area contributed by atoms with Crippen molar-refractivity contribution in [1.82, 2.24) is 15.1 Å². The molecule has 0 saturated carbocycles. The fraction of sp³-hybridized carbons (Fsp3) is 0.661. The number of amides is 5. The number of cyclic esters (lactones) is 1. The van der Waals surface area contributed by atoms with Crippen LogP contribution in [-0.2, 0) is 54.3 Å². The summed E-state index contributed by atoms with van der Waals surface area (Å²) >= 11 is 0. The zero-order valence-corrected chi connectivity index (χ0v) is 49.9. The number of unbranched alkanes of at least 4 members (excludes halogenated alkanes) is 2. The van der Waals surface area contributed by atoms with E-state index in [1.165, 1.54) is 17.1 Å². The van der Waals surface area contributed by atoms with Crippen molar-refractivity contribution in [2.24, 2.45) is 23.7 Å². The van der Waals surface area contributed by atoms with E-state index in [9.17, 15) is 48.9 Å². The van der Waals surface area contributed by atoms with E-state index in [0.717, 1.165) is 5.56 Å². The van der Waals surface area contributed by atoms with Crippen LogP contribution in [0.3, 0.4) is 0 Å². The van der Waals surface area contributed by atoms with Gasteiger partial charge in [0.1, 0.15) is 18.2 Å². The first kappa shape index (κ1) is 66.2. The fourth-order valence-electron chi connectivity index (χ4n) is 10.9. The average Bonchev–Trinajstić information content (AvgIpc) is 4.21. The lowest BCUT2D eigenvalue weighted by molar-refractivity contribution is -0.926. The Kier molecular flexibility index (Phi) is 24.6. The molecule has 12 atom stereocenters. The van der Waals surface area contributed by atoms with Gasteiger partial charge in [-0.05, 0) is 89.5 Å². The van der Waals surface area contributed by atoms with Crippen molar-refractivity contribution in [2.45, 2.75) is 194 Å². The van der Waals surface area contributed by atoms with E-state index in [1.807, 2.05) is 85.7 Å². The number of Topliss-reactive ketones (excluding diaryl/α,β-unsaturated/α-hetero) is 1. The number of carbonyl (C=O) groups excluding carboxylic acids is 7. The Balaban J connectivity index is 1.13. The van der Waals surface area contributed by atoms with Crippen LogP contribution in [0.15, 0.2) is 72.4 Å². The van der Waals surface area contributed by atoms with Crippen molar-refractivity contribution in [3.63, 3.8) is 0 Å². The van der Waals surface area contributed by atoms with Crippen molar-refractivity contribution >= 4 is 47.2 Å². The fourth-order valence-corrected chi connectivity index (χ4v) is 10.9. The number of carbonyl (C=O) groups is 7. The van der Waals surface area contributed by atoms with Crippen molar-refractivity contribution in [3.05, 3.63) is 77.9 Å². The third-order valence-corrected chi connectivity index (χ3v) is 16.4. The van der Waals surface area contributed by atoms with Crippen molar-refractivity contribution in [1.29, 1.82) is 0 Å². The molecule has 5 amide bonds. The van der Waals surface area contributed by atoms with E-state index in [1.54, 1.807) is 43.1 Å². The number of likely N-dealkylation sites (N-methyl/N-ethyl adjacent to an activating group) is 1. The van der Waals surface area contributed by atoms with Gasteiger partial charge >= 0.3 is 12.1 Å². The van der Waals surface area contributed by atoms with Gasteiger partial charge in [-0.1, -0.05) is 84.4 Å². The van der Waals surface area contributed by atoms with Gasteiger partial charge in [-0.3, -0.25) is 38.6 Å². The maximum Gasteiger partial charge on any atom is 0.410 e. The number of hydrogen-bond acceptors (Lipinski definition) is 14. The number of quaternary nitrogens is 1.